The number of unbranched alkanes of at least 4 members (excludes halogenated alkanes) is 5. The van der Waals surface area contributed by atoms with Gasteiger partial charge in [-0.15, -0.1) is 0 Å². The number of aryl methyl sites for hydroxylation is 1. The van der Waals surface area contributed by atoms with Gasteiger partial charge in [0.05, 0.1) is 5.56 Å². The fraction of sp³-hybridized carbons (Fsp3) is 0.500. The number of phenolic OH excluding ortho intramolecular Hbond substituents is 2. The molecule has 0 amide bonds. The second-order valence-corrected chi connectivity index (χ2v) is 5.15. The lowest BCUT2D eigenvalue weighted by atomic mass is 10.00. The van der Waals surface area contributed by atoms with E-state index in [-0.39, 0.29) is 11.3 Å². The Labute approximate surface area is 124 Å². The molecule has 1 aromatic carbocycles. The van der Waals surface area contributed by atoms with Crippen LogP contribution in [0.2, 0.25) is 0 Å². The van der Waals surface area contributed by atoms with Crippen molar-refractivity contribution >= 4 is 11.8 Å². The minimum absolute atomic E-state index is 0.108. The smallest absolute Gasteiger partial charge is 0.377 e. The second-order valence-electron chi connectivity index (χ2n) is 5.15. The Morgan fingerprint density at radius 1 is 0.952 bits per heavy atom. The average molecular weight is 294 g/mol. The van der Waals surface area contributed by atoms with E-state index >= 15 is 0 Å². The maximum Gasteiger partial charge on any atom is 0.377 e. The van der Waals surface area contributed by atoms with Gasteiger partial charge in [0, 0.05) is 6.07 Å². The Morgan fingerprint density at radius 2 is 1.57 bits per heavy atom. The SMILES string of the molecule is CCCCCCCCc1cc(C(=O)C(=O)O)c(O)cc1O. The maximum absolute atomic E-state index is 11.4. The van der Waals surface area contributed by atoms with Gasteiger partial charge in [-0.2, -0.15) is 0 Å². The molecule has 5 heteroatoms. The van der Waals surface area contributed by atoms with Gasteiger partial charge in [-0.25, -0.2) is 4.79 Å². The van der Waals surface area contributed by atoms with Crippen molar-refractivity contribution in [3.63, 3.8) is 0 Å². The molecule has 0 radical (unpaired) electrons. The number of carbonyl (C=O) groups excluding carboxylic acids is 1. The molecule has 3 N–H and O–H groups in total. The summed E-state index contributed by atoms with van der Waals surface area (Å²) in [6, 6.07) is 2.30. The van der Waals surface area contributed by atoms with Crippen molar-refractivity contribution in [2.75, 3.05) is 0 Å². The van der Waals surface area contributed by atoms with Crippen molar-refractivity contribution in [1.82, 2.24) is 0 Å². The molecular weight excluding hydrogens is 272 g/mol. The number of ketones is 1. The van der Waals surface area contributed by atoms with E-state index in [4.69, 9.17) is 5.11 Å². The Hall–Kier alpha value is -2.04. The summed E-state index contributed by atoms with van der Waals surface area (Å²) in [5, 5.41) is 28.0. The lowest BCUT2D eigenvalue weighted by molar-refractivity contribution is -0.131. The van der Waals surface area contributed by atoms with Gasteiger partial charge in [0.1, 0.15) is 11.5 Å². The summed E-state index contributed by atoms with van der Waals surface area (Å²) in [5.41, 5.74) is 0.217. The van der Waals surface area contributed by atoms with E-state index in [9.17, 15) is 19.8 Å². The topological polar surface area (TPSA) is 94.8 Å². The largest absolute Gasteiger partial charge is 0.508 e. The Bertz CT molecular complexity index is 508. The van der Waals surface area contributed by atoms with Crippen LogP contribution in [0.25, 0.3) is 0 Å². The van der Waals surface area contributed by atoms with Crippen LogP contribution in [0.4, 0.5) is 0 Å². The molecular formula is C16H22O5. The van der Waals surface area contributed by atoms with Crippen LogP contribution in [0.1, 0.15) is 61.4 Å². The van der Waals surface area contributed by atoms with Gasteiger partial charge in [0.15, 0.2) is 0 Å². The van der Waals surface area contributed by atoms with Crippen molar-refractivity contribution in [3.05, 3.63) is 23.3 Å². The number of benzene rings is 1. The summed E-state index contributed by atoms with van der Waals surface area (Å²) in [7, 11) is 0. The lowest BCUT2D eigenvalue weighted by Gasteiger charge is -2.08. The van der Waals surface area contributed by atoms with Crippen molar-refractivity contribution < 1.29 is 24.9 Å². The van der Waals surface area contributed by atoms with Crippen molar-refractivity contribution in [1.29, 1.82) is 0 Å². The van der Waals surface area contributed by atoms with E-state index in [0.717, 1.165) is 25.3 Å². The van der Waals surface area contributed by atoms with E-state index in [2.05, 4.69) is 6.92 Å². The minimum Gasteiger partial charge on any atom is -0.508 e. The molecule has 0 aliphatic rings. The highest BCUT2D eigenvalue weighted by molar-refractivity contribution is 6.40. The number of aromatic hydroxyl groups is 2. The first-order valence-electron chi connectivity index (χ1n) is 7.29. The predicted molar refractivity (Wildman–Crippen MR) is 78.8 cm³/mol. The van der Waals surface area contributed by atoms with Gasteiger partial charge < -0.3 is 15.3 Å². The first-order valence-corrected chi connectivity index (χ1v) is 7.29. The first-order chi connectivity index (χ1) is 9.97. The summed E-state index contributed by atoms with van der Waals surface area (Å²) in [6.07, 6.45) is 7.11. The number of carboxylic acid groups (broad SMARTS) is 1. The molecule has 0 saturated carbocycles. The van der Waals surface area contributed by atoms with E-state index in [1.165, 1.54) is 25.3 Å². The van der Waals surface area contributed by atoms with Crippen LogP contribution in [-0.4, -0.2) is 27.1 Å². The molecule has 0 spiro atoms. The van der Waals surface area contributed by atoms with Crippen molar-refractivity contribution in [2.45, 2.75) is 51.9 Å². The van der Waals surface area contributed by atoms with Crippen LogP contribution in [0.15, 0.2) is 12.1 Å². The Balaban J connectivity index is 2.68. The molecule has 116 valence electrons. The molecule has 1 rings (SSSR count). The second kappa shape index (κ2) is 8.29. The number of phenols is 2. The van der Waals surface area contributed by atoms with Crippen LogP contribution in [0.5, 0.6) is 11.5 Å². The van der Waals surface area contributed by atoms with Crippen LogP contribution in [0, 0.1) is 0 Å². The number of carbonyl (C=O) groups is 2. The number of aliphatic carboxylic acids is 1. The fourth-order valence-electron chi connectivity index (χ4n) is 2.22. The van der Waals surface area contributed by atoms with Gasteiger partial charge in [0.2, 0.25) is 0 Å². The third-order valence-electron chi connectivity index (χ3n) is 3.44. The molecule has 5 nitrogen and oxygen atoms in total. The Morgan fingerprint density at radius 3 is 2.19 bits per heavy atom. The van der Waals surface area contributed by atoms with Gasteiger partial charge in [-0.3, -0.25) is 4.79 Å². The highest BCUT2D eigenvalue weighted by Crippen LogP contribution is 2.29. The number of carboxylic acids is 1. The quantitative estimate of drug-likeness (QED) is 0.369. The summed E-state index contributed by atoms with van der Waals surface area (Å²) in [4.78, 5) is 22.1. The van der Waals surface area contributed by atoms with Crippen molar-refractivity contribution in [3.8, 4) is 11.5 Å². The zero-order chi connectivity index (χ0) is 15.8. The molecule has 1 aromatic rings. The van der Waals surface area contributed by atoms with Crippen LogP contribution in [-0.2, 0) is 11.2 Å². The molecule has 0 unspecified atom stereocenters. The van der Waals surface area contributed by atoms with Crippen LogP contribution in [0.3, 0.4) is 0 Å². The summed E-state index contributed by atoms with van der Waals surface area (Å²) < 4.78 is 0. The molecule has 0 bridgehead atoms. The summed E-state index contributed by atoms with van der Waals surface area (Å²) in [6.45, 7) is 2.15. The molecule has 0 saturated heterocycles. The monoisotopic (exact) mass is 294 g/mol. The molecule has 0 aliphatic carbocycles. The molecule has 21 heavy (non-hydrogen) atoms. The molecule has 0 heterocycles. The normalized spacial score (nSPS) is 10.5. The minimum atomic E-state index is -1.62. The van der Waals surface area contributed by atoms with Crippen LogP contribution < -0.4 is 0 Å². The predicted octanol–water partition coefficient (Wildman–Crippen LogP) is 3.27. The van der Waals surface area contributed by atoms with Gasteiger partial charge in [-0.05, 0) is 24.5 Å². The van der Waals surface area contributed by atoms with E-state index in [0.29, 0.717) is 12.0 Å². The van der Waals surface area contributed by atoms with Gasteiger partial charge in [-0.1, -0.05) is 39.0 Å². The highest BCUT2D eigenvalue weighted by atomic mass is 16.4. The third kappa shape index (κ3) is 5.10. The summed E-state index contributed by atoms with van der Waals surface area (Å²) in [5.74, 6) is -3.41. The first kappa shape index (κ1) is 17.0. The number of hydrogen-bond donors (Lipinski definition) is 3. The average Bonchev–Trinajstić information content (AvgIpc) is 2.43. The third-order valence-corrected chi connectivity index (χ3v) is 3.44. The van der Waals surface area contributed by atoms with Gasteiger partial charge >= 0.3 is 5.97 Å². The highest BCUT2D eigenvalue weighted by Gasteiger charge is 2.20. The molecule has 0 aromatic heterocycles. The number of rotatable bonds is 9. The summed E-state index contributed by atoms with van der Waals surface area (Å²) >= 11 is 0. The maximum atomic E-state index is 11.4. The molecule has 0 aliphatic heterocycles. The zero-order valence-electron chi connectivity index (χ0n) is 12.3. The zero-order valence-corrected chi connectivity index (χ0v) is 12.3. The lowest BCUT2D eigenvalue weighted by Crippen LogP contribution is -2.13. The standard InChI is InChI=1S/C16H22O5/c1-2-3-4-5-6-7-8-11-9-12(15(19)16(20)21)14(18)10-13(11)17/h9-10,17-18H,2-8H2,1H3,(H,20,21). The van der Waals surface area contributed by atoms with E-state index in [1.807, 2.05) is 0 Å². The number of Topliss-reactive ketones (excluding diaryl/α,β-unsaturated/α-hetero) is 1. The Kier molecular flexibility index (Phi) is 6.72. The van der Waals surface area contributed by atoms with Gasteiger partial charge in [0.25, 0.3) is 5.78 Å². The van der Waals surface area contributed by atoms with Crippen molar-refractivity contribution in [2.24, 2.45) is 0 Å². The van der Waals surface area contributed by atoms with Crippen LogP contribution >= 0.6 is 0 Å². The molecule has 0 fully saturated rings. The van der Waals surface area contributed by atoms with E-state index in [1.54, 1.807) is 0 Å². The number of hydrogen-bond acceptors (Lipinski definition) is 4. The molecule has 0 atom stereocenters. The fourth-order valence-corrected chi connectivity index (χ4v) is 2.22. The van der Waals surface area contributed by atoms with E-state index < -0.39 is 17.5 Å².